The Hall–Kier alpha value is -3.36. The highest BCUT2D eigenvalue weighted by atomic mass is 16.6. The molecule has 9 nitrogen and oxygen atoms in total. The topological polar surface area (TPSA) is 150 Å². The van der Waals surface area contributed by atoms with Gasteiger partial charge in [0.15, 0.2) is 0 Å². The van der Waals surface area contributed by atoms with E-state index in [1.165, 1.54) is 12.4 Å². The molecule has 0 spiro atoms. The Kier molecular flexibility index (Phi) is 3.57. The SMILES string of the molecule is O=C(O)c1cc[nH]c1C(=O)OC(=O)c1[nH]ccc1C(=O)O. The van der Waals surface area contributed by atoms with Crippen molar-refractivity contribution in [3.05, 3.63) is 47.0 Å². The number of aromatic carboxylic acids is 2. The number of hydrogen-bond acceptors (Lipinski definition) is 5. The number of carbonyl (C=O) groups excluding carboxylic acids is 2. The molecule has 2 aromatic heterocycles. The van der Waals surface area contributed by atoms with Crippen LogP contribution in [-0.2, 0) is 4.74 Å². The second-order valence-corrected chi connectivity index (χ2v) is 3.82. The van der Waals surface area contributed by atoms with Gasteiger partial charge in [0, 0.05) is 12.4 Å². The fourth-order valence-electron chi connectivity index (χ4n) is 1.62. The maximum atomic E-state index is 11.7. The minimum absolute atomic E-state index is 0.363. The lowest BCUT2D eigenvalue weighted by atomic mass is 10.2. The monoisotopic (exact) mass is 292 g/mol. The summed E-state index contributed by atoms with van der Waals surface area (Å²) in [5.74, 6) is -5.20. The zero-order valence-electron chi connectivity index (χ0n) is 10.2. The van der Waals surface area contributed by atoms with Crippen molar-refractivity contribution in [2.24, 2.45) is 0 Å². The molecule has 0 amide bonds. The van der Waals surface area contributed by atoms with E-state index in [0.29, 0.717) is 0 Å². The third-order valence-electron chi connectivity index (χ3n) is 2.55. The Labute approximate surface area is 116 Å². The van der Waals surface area contributed by atoms with Crippen molar-refractivity contribution in [3.8, 4) is 0 Å². The van der Waals surface area contributed by atoms with E-state index < -0.39 is 35.3 Å². The van der Waals surface area contributed by atoms with Crippen molar-refractivity contribution in [2.45, 2.75) is 0 Å². The smallest absolute Gasteiger partial charge is 0.363 e. The van der Waals surface area contributed by atoms with Crippen LogP contribution in [0.3, 0.4) is 0 Å². The van der Waals surface area contributed by atoms with E-state index in [1.54, 1.807) is 0 Å². The van der Waals surface area contributed by atoms with Gasteiger partial charge in [0.05, 0.1) is 11.1 Å². The quantitative estimate of drug-likeness (QED) is 0.479. The van der Waals surface area contributed by atoms with Gasteiger partial charge in [-0.3, -0.25) is 0 Å². The van der Waals surface area contributed by atoms with Gasteiger partial charge in [-0.2, -0.15) is 0 Å². The molecule has 108 valence electrons. The number of hydrogen-bond donors (Lipinski definition) is 4. The van der Waals surface area contributed by atoms with Crippen molar-refractivity contribution in [3.63, 3.8) is 0 Å². The number of nitrogens with one attached hydrogen (secondary N) is 2. The fourth-order valence-corrected chi connectivity index (χ4v) is 1.62. The van der Waals surface area contributed by atoms with Crippen LogP contribution in [0.2, 0.25) is 0 Å². The molecule has 0 radical (unpaired) electrons. The molecule has 4 N–H and O–H groups in total. The highest BCUT2D eigenvalue weighted by Crippen LogP contribution is 2.12. The number of rotatable bonds is 4. The molecule has 0 unspecified atom stereocenters. The normalized spacial score (nSPS) is 10.1. The molecule has 0 bridgehead atoms. The van der Waals surface area contributed by atoms with Crippen LogP contribution >= 0.6 is 0 Å². The maximum Gasteiger partial charge on any atom is 0.363 e. The van der Waals surface area contributed by atoms with Crippen LogP contribution < -0.4 is 0 Å². The summed E-state index contributed by atoms with van der Waals surface area (Å²) >= 11 is 0. The summed E-state index contributed by atoms with van der Waals surface area (Å²) in [7, 11) is 0. The molecule has 2 heterocycles. The second kappa shape index (κ2) is 5.33. The van der Waals surface area contributed by atoms with Gasteiger partial charge in [-0.1, -0.05) is 0 Å². The molecule has 0 aliphatic carbocycles. The zero-order chi connectivity index (χ0) is 15.6. The number of esters is 2. The van der Waals surface area contributed by atoms with E-state index in [9.17, 15) is 19.2 Å². The summed E-state index contributed by atoms with van der Waals surface area (Å²) in [6, 6.07) is 2.25. The first kappa shape index (κ1) is 14.1. The fraction of sp³-hybridized carbons (Fsp3) is 0. The van der Waals surface area contributed by atoms with E-state index in [2.05, 4.69) is 14.7 Å². The van der Waals surface area contributed by atoms with Gasteiger partial charge in [-0.15, -0.1) is 0 Å². The summed E-state index contributed by atoms with van der Waals surface area (Å²) < 4.78 is 4.45. The van der Waals surface area contributed by atoms with Gasteiger partial charge in [0.25, 0.3) is 0 Å². The van der Waals surface area contributed by atoms with Crippen molar-refractivity contribution in [2.75, 3.05) is 0 Å². The summed E-state index contributed by atoms with van der Waals surface area (Å²) in [5, 5.41) is 17.7. The number of carboxylic acids is 2. The number of aromatic nitrogens is 2. The van der Waals surface area contributed by atoms with Gasteiger partial charge in [0.1, 0.15) is 11.4 Å². The minimum Gasteiger partial charge on any atom is -0.478 e. The lowest BCUT2D eigenvalue weighted by Gasteiger charge is -2.02. The van der Waals surface area contributed by atoms with Crippen LogP contribution in [0.15, 0.2) is 24.5 Å². The average Bonchev–Trinajstić information content (AvgIpc) is 3.07. The first-order valence-electron chi connectivity index (χ1n) is 5.49. The van der Waals surface area contributed by atoms with Crippen molar-refractivity contribution in [1.29, 1.82) is 0 Å². The highest BCUT2D eigenvalue weighted by molar-refractivity contribution is 6.09. The largest absolute Gasteiger partial charge is 0.478 e. The van der Waals surface area contributed by atoms with Crippen LogP contribution in [-0.4, -0.2) is 44.1 Å². The molecular weight excluding hydrogens is 284 g/mol. The Balaban J connectivity index is 2.21. The van der Waals surface area contributed by atoms with Crippen LogP contribution in [0.25, 0.3) is 0 Å². The van der Waals surface area contributed by atoms with Crippen molar-refractivity contribution >= 4 is 23.9 Å². The number of H-pyrrole nitrogens is 2. The number of ether oxygens (including phenoxy) is 1. The Bertz CT molecular complexity index is 678. The van der Waals surface area contributed by atoms with E-state index in [-0.39, 0.29) is 11.1 Å². The molecular formula is C12H8N2O7. The maximum absolute atomic E-state index is 11.7. The van der Waals surface area contributed by atoms with Crippen molar-refractivity contribution < 1.29 is 34.1 Å². The number of aromatic amines is 2. The first-order chi connectivity index (χ1) is 9.91. The van der Waals surface area contributed by atoms with Gasteiger partial charge in [-0.05, 0) is 12.1 Å². The van der Waals surface area contributed by atoms with E-state index in [4.69, 9.17) is 10.2 Å². The molecule has 21 heavy (non-hydrogen) atoms. The summed E-state index contributed by atoms with van der Waals surface area (Å²) in [4.78, 5) is 49.8. The van der Waals surface area contributed by atoms with Crippen LogP contribution in [0.1, 0.15) is 41.7 Å². The molecule has 2 rings (SSSR count). The van der Waals surface area contributed by atoms with E-state index in [1.807, 2.05) is 0 Å². The van der Waals surface area contributed by atoms with Crippen LogP contribution in [0.5, 0.6) is 0 Å². The lowest BCUT2D eigenvalue weighted by Crippen LogP contribution is -2.18. The number of carboxylic acid groups (broad SMARTS) is 2. The Morgan fingerprint density at radius 3 is 1.52 bits per heavy atom. The molecule has 0 fully saturated rings. The lowest BCUT2D eigenvalue weighted by molar-refractivity contribution is 0.0379. The van der Waals surface area contributed by atoms with Gasteiger partial charge in [-0.25, -0.2) is 19.2 Å². The average molecular weight is 292 g/mol. The molecule has 0 aromatic carbocycles. The molecule has 0 aliphatic rings. The third-order valence-corrected chi connectivity index (χ3v) is 2.55. The molecule has 0 atom stereocenters. The zero-order valence-corrected chi connectivity index (χ0v) is 10.2. The Morgan fingerprint density at radius 2 is 1.19 bits per heavy atom. The predicted molar refractivity (Wildman–Crippen MR) is 65.2 cm³/mol. The van der Waals surface area contributed by atoms with Crippen LogP contribution in [0.4, 0.5) is 0 Å². The molecule has 0 saturated carbocycles. The molecule has 2 aromatic rings. The van der Waals surface area contributed by atoms with Gasteiger partial charge < -0.3 is 24.9 Å². The summed E-state index contributed by atoms with van der Waals surface area (Å²) in [5.41, 5.74) is -1.56. The first-order valence-corrected chi connectivity index (χ1v) is 5.49. The molecule has 9 heteroatoms. The number of carbonyl (C=O) groups is 4. The third kappa shape index (κ3) is 2.66. The Morgan fingerprint density at radius 1 is 0.810 bits per heavy atom. The van der Waals surface area contributed by atoms with E-state index >= 15 is 0 Å². The predicted octanol–water partition coefficient (Wildman–Crippen LogP) is 0.736. The molecule has 0 saturated heterocycles. The summed E-state index contributed by atoms with van der Waals surface area (Å²) in [6.07, 6.45) is 2.39. The van der Waals surface area contributed by atoms with Gasteiger partial charge >= 0.3 is 23.9 Å². The summed E-state index contributed by atoms with van der Waals surface area (Å²) in [6.45, 7) is 0. The van der Waals surface area contributed by atoms with Crippen molar-refractivity contribution in [1.82, 2.24) is 9.97 Å². The highest BCUT2D eigenvalue weighted by Gasteiger charge is 2.25. The van der Waals surface area contributed by atoms with E-state index in [0.717, 1.165) is 12.1 Å². The second-order valence-electron chi connectivity index (χ2n) is 3.82. The van der Waals surface area contributed by atoms with Gasteiger partial charge in [0.2, 0.25) is 0 Å². The van der Waals surface area contributed by atoms with Crippen LogP contribution in [0, 0.1) is 0 Å². The molecule has 0 aliphatic heterocycles. The minimum atomic E-state index is -1.37. The standard InChI is InChI=1S/C12H8N2O7/c15-9(16)5-1-3-13-7(5)11(19)21-12(20)8-6(10(17)18)2-4-14-8/h1-4,13-14H,(H,15,16)(H,17,18).